The van der Waals surface area contributed by atoms with Gasteiger partial charge in [-0.1, -0.05) is 0 Å². The summed E-state index contributed by atoms with van der Waals surface area (Å²) in [5, 5.41) is 0. The molecular formula is C8H3F7O2S. The topological polar surface area (TPSA) is 34.1 Å². The van der Waals surface area contributed by atoms with Crippen LogP contribution in [0.5, 0.6) is 0 Å². The maximum absolute atomic E-state index is 13.1. The molecule has 0 bridgehead atoms. The van der Waals surface area contributed by atoms with E-state index in [0.717, 1.165) is 0 Å². The number of thiol groups is 1. The molecule has 0 amide bonds. The third-order valence-electron chi connectivity index (χ3n) is 1.88. The highest BCUT2D eigenvalue weighted by molar-refractivity contribution is 7.72. The van der Waals surface area contributed by atoms with Crippen molar-refractivity contribution in [3.05, 3.63) is 29.1 Å². The number of alkyl halides is 6. The summed E-state index contributed by atoms with van der Waals surface area (Å²) in [5.41, 5.74) is -4.54. The van der Waals surface area contributed by atoms with Gasteiger partial charge in [0.2, 0.25) is 0 Å². The van der Waals surface area contributed by atoms with Crippen molar-refractivity contribution >= 4 is 10.7 Å². The zero-order chi connectivity index (χ0) is 14.3. The molecule has 0 aliphatic heterocycles. The Morgan fingerprint density at radius 2 is 1.17 bits per heavy atom. The maximum atomic E-state index is 13.1. The van der Waals surface area contributed by atoms with E-state index < -0.39 is 44.9 Å². The van der Waals surface area contributed by atoms with Crippen LogP contribution < -0.4 is 0 Å². The lowest BCUT2D eigenvalue weighted by Gasteiger charge is -2.14. The lowest BCUT2D eigenvalue weighted by Crippen LogP contribution is -2.16. The lowest BCUT2D eigenvalue weighted by molar-refractivity contribution is -0.148. The molecule has 102 valence electrons. The molecular weight excluding hydrogens is 293 g/mol. The third-order valence-corrected chi connectivity index (χ3v) is 2.56. The standard InChI is InChI=1S/C8H3F7O2S/c9-6-4(7(10,11)12)1-3(18(16)17)2-5(6)8(13,14)15/h1-2,18H. The first-order valence-corrected chi connectivity index (χ1v) is 5.24. The molecule has 0 heterocycles. The second-order valence-electron chi connectivity index (χ2n) is 3.11. The van der Waals surface area contributed by atoms with E-state index in [0.29, 0.717) is 0 Å². The Labute approximate surface area is 97.0 Å². The molecule has 1 rings (SSSR count). The molecule has 0 aromatic heterocycles. The van der Waals surface area contributed by atoms with E-state index >= 15 is 0 Å². The van der Waals surface area contributed by atoms with Gasteiger partial charge in [0.25, 0.3) is 0 Å². The van der Waals surface area contributed by atoms with E-state index in [1.54, 1.807) is 0 Å². The Bertz CT molecular complexity index is 498. The Kier molecular flexibility index (Phi) is 3.61. The van der Waals surface area contributed by atoms with Crippen LogP contribution in [0.2, 0.25) is 0 Å². The monoisotopic (exact) mass is 296 g/mol. The number of rotatable bonds is 1. The minimum Gasteiger partial charge on any atom is -0.227 e. The molecule has 0 atom stereocenters. The first kappa shape index (κ1) is 14.7. The first-order chi connectivity index (χ1) is 7.94. The minimum atomic E-state index is -5.43. The highest BCUT2D eigenvalue weighted by Gasteiger charge is 2.42. The van der Waals surface area contributed by atoms with Crippen LogP contribution in [0.3, 0.4) is 0 Å². The van der Waals surface area contributed by atoms with Crippen molar-refractivity contribution in [1.29, 1.82) is 0 Å². The van der Waals surface area contributed by atoms with E-state index in [4.69, 9.17) is 0 Å². The van der Waals surface area contributed by atoms with Crippen LogP contribution in [0.1, 0.15) is 11.1 Å². The molecule has 1 aromatic rings. The fraction of sp³-hybridized carbons (Fsp3) is 0.250. The van der Waals surface area contributed by atoms with Crippen LogP contribution in [0.25, 0.3) is 0 Å². The Morgan fingerprint density at radius 1 is 0.833 bits per heavy atom. The molecule has 0 aliphatic rings. The van der Waals surface area contributed by atoms with Gasteiger partial charge in [-0.2, -0.15) is 26.3 Å². The van der Waals surface area contributed by atoms with Crippen LogP contribution in [0, 0.1) is 5.82 Å². The summed E-state index contributed by atoms with van der Waals surface area (Å²) in [6.45, 7) is 0. The molecule has 0 radical (unpaired) electrons. The smallest absolute Gasteiger partial charge is 0.227 e. The second kappa shape index (κ2) is 4.41. The number of benzene rings is 1. The molecule has 0 fully saturated rings. The van der Waals surface area contributed by atoms with Crippen LogP contribution in [-0.2, 0) is 23.1 Å². The molecule has 0 aliphatic carbocycles. The van der Waals surface area contributed by atoms with Crippen LogP contribution >= 0.6 is 0 Å². The van der Waals surface area contributed by atoms with Gasteiger partial charge in [-0.25, -0.2) is 12.8 Å². The van der Waals surface area contributed by atoms with Gasteiger partial charge in [0.1, 0.15) is 5.82 Å². The number of halogens is 7. The van der Waals surface area contributed by atoms with E-state index in [-0.39, 0.29) is 12.1 Å². The van der Waals surface area contributed by atoms with Crippen molar-refractivity contribution in [3.8, 4) is 0 Å². The van der Waals surface area contributed by atoms with Crippen molar-refractivity contribution in [2.24, 2.45) is 0 Å². The highest BCUT2D eigenvalue weighted by atomic mass is 32.2. The van der Waals surface area contributed by atoms with E-state index in [9.17, 15) is 39.2 Å². The molecule has 0 saturated carbocycles. The molecule has 1 aromatic carbocycles. The summed E-state index contributed by atoms with van der Waals surface area (Å²) in [6, 6.07) is -0.368. The van der Waals surface area contributed by atoms with Crippen LogP contribution in [0.4, 0.5) is 30.7 Å². The predicted octanol–water partition coefficient (Wildman–Crippen LogP) is 2.83. The summed E-state index contributed by atoms with van der Waals surface area (Å²) in [5.74, 6) is -2.55. The molecule has 18 heavy (non-hydrogen) atoms. The van der Waals surface area contributed by atoms with Crippen molar-refractivity contribution in [2.45, 2.75) is 17.2 Å². The van der Waals surface area contributed by atoms with E-state index in [2.05, 4.69) is 0 Å². The largest absolute Gasteiger partial charge is 0.419 e. The zero-order valence-electron chi connectivity index (χ0n) is 8.06. The summed E-state index contributed by atoms with van der Waals surface area (Å²) in [6.07, 6.45) is -10.9. The van der Waals surface area contributed by atoms with Gasteiger partial charge in [-0.05, 0) is 12.1 Å². The van der Waals surface area contributed by atoms with Crippen LogP contribution in [-0.4, -0.2) is 8.42 Å². The fourth-order valence-corrected chi connectivity index (χ4v) is 1.60. The van der Waals surface area contributed by atoms with Gasteiger partial charge in [-0.3, -0.25) is 0 Å². The van der Waals surface area contributed by atoms with Gasteiger partial charge in [0.15, 0.2) is 10.7 Å². The highest BCUT2D eigenvalue weighted by Crippen LogP contribution is 2.39. The molecule has 0 unspecified atom stereocenters. The van der Waals surface area contributed by atoms with Gasteiger partial charge in [0, 0.05) is 0 Å². The third kappa shape index (κ3) is 2.92. The van der Waals surface area contributed by atoms with Crippen LogP contribution in [0.15, 0.2) is 17.0 Å². The summed E-state index contributed by atoms with van der Waals surface area (Å²) in [4.78, 5) is -1.26. The van der Waals surface area contributed by atoms with E-state index in [1.165, 1.54) is 0 Å². The number of hydrogen-bond donors (Lipinski definition) is 1. The Morgan fingerprint density at radius 3 is 1.39 bits per heavy atom. The normalized spacial score (nSPS) is 13.1. The average Bonchev–Trinajstić information content (AvgIpc) is 2.13. The molecule has 0 N–H and O–H groups in total. The predicted molar refractivity (Wildman–Crippen MR) is 45.0 cm³/mol. The summed E-state index contributed by atoms with van der Waals surface area (Å²) < 4.78 is 108. The zero-order valence-corrected chi connectivity index (χ0v) is 8.96. The van der Waals surface area contributed by atoms with Gasteiger partial charge >= 0.3 is 12.4 Å². The van der Waals surface area contributed by atoms with Gasteiger partial charge in [-0.15, -0.1) is 0 Å². The Hall–Kier alpha value is -1.32. The Balaban J connectivity index is 3.70. The van der Waals surface area contributed by atoms with Gasteiger partial charge < -0.3 is 0 Å². The number of hydrogen-bond acceptors (Lipinski definition) is 2. The lowest BCUT2D eigenvalue weighted by atomic mass is 10.1. The van der Waals surface area contributed by atoms with Crippen molar-refractivity contribution in [2.75, 3.05) is 0 Å². The van der Waals surface area contributed by atoms with E-state index in [1.807, 2.05) is 0 Å². The SMILES string of the molecule is O=[SH](=O)c1cc(C(F)(F)F)c(F)c(C(F)(F)F)c1. The fourth-order valence-electron chi connectivity index (χ4n) is 1.13. The minimum absolute atomic E-state index is 0.184. The van der Waals surface area contributed by atoms with Crippen molar-refractivity contribution in [1.82, 2.24) is 0 Å². The maximum Gasteiger partial charge on any atom is 0.419 e. The summed E-state index contributed by atoms with van der Waals surface area (Å²) in [7, 11) is -3.70. The summed E-state index contributed by atoms with van der Waals surface area (Å²) >= 11 is 0. The molecule has 10 heteroatoms. The van der Waals surface area contributed by atoms with Gasteiger partial charge in [0.05, 0.1) is 16.0 Å². The van der Waals surface area contributed by atoms with Crippen molar-refractivity contribution < 1.29 is 39.2 Å². The quantitative estimate of drug-likeness (QED) is 0.639. The van der Waals surface area contributed by atoms with Crippen molar-refractivity contribution in [3.63, 3.8) is 0 Å². The molecule has 2 nitrogen and oxygen atoms in total. The average molecular weight is 296 g/mol. The molecule has 0 spiro atoms. The second-order valence-corrected chi connectivity index (χ2v) is 4.14. The molecule has 0 saturated heterocycles. The first-order valence-electron chi connectivity index (χ1n) is 4.07.